The molecule has 1 nitrogen and oxygen atoms in total. The molecule has 0 amide bonds. The molecule has 1 heterocycles. The summed E-state index contributed by atoms with van der Waals surface area (Å²) in [5.74, 6) is 0.829. The van der Waals surface area contributed by atoms with E-state index in [9.17, 15) is 0 Å². The van der Waals surface area contributed by atoms with Crippen molar-refractivity contribution in [3.05, 3.63) is 22.4 Å². The predicted molar refractivity (Wildman–Crippen MR) is 64.8 cm³/mol. The van der Waals surface area contributed by atoms with Crippen molar-refractivity contribution in [1.82, 2.24) is 5.32 Å². The summed E-state index contributed by atoms with van der Waals surface area (Å²) >= 11 is 1.85. The number of thiophene rings is 1. The first-order chi connectivity index (χ1) is 6.74. The van der Waals surface area contributed by atoms with E-state index in [2.05, 4.69) is 43.7 Å². The van der Waals surface area contributed by atoms with Crippen molar-refractivity contribution >= 4 is 11.3 Å². The zero-order valence-electron chi connectivity index (χ0n) is 9.42. The highest BCUT2D eigenvalue weighted by Gasteiger charge is 2.09. The van der Waals surface area contributed by atoms with Crippen molar-refractivity contribution in [2.45, 2.75) is 39.2 Å². The van der Waals surface area contributed by atoms with Gasteiger partial charge in [-0.05, 0) is 30.8 Å². The van der Waals surface area contributed by atoms with Crippen LogP contribution in [0.5, 0.6) is 0 Å². The van der Waals surface area contributed by atoms with Gasteiger partial charge in [-0.15, -0.1) is 11.3 Å². The first kappa shape index (κ1) is 11.7. The molecule has 0 bridgehead atoms. The van der Waals surface area contributed by atoms with Crippen molar-refractivity contribution in [3.8, 4) is 0 Å². The van der Waals surface area contributed by atoms with E-state index in [1.165, 1.54) is 24.1 Å². The van der Waals surface area contributed by atoms with Gasteiger partial charge in [0, 0.05) is 10.9 Å². The van der Waals surface area contributed by atoms with Gasteiger partial charge in [0.25, 0.3) is 0 Å². The molecule has 0 aromatic carbocycles. The Morgan fingerprint density at radius 2 is 2.14 bits per heavy atom. The highest BCUT2D eigenvalue weighted by molar-refractivity contribution is 7.10. The fraction of sp³-hybridized carbons (Fsp3) is 0.667. The van der Waals surface area contributed by atoms with Crippen molar-refractivity contribution in [2.75, 3.05) is 7.05 Å². The highest BCUT2D eigenvalue weighted by atomic mass is 32.1. The number of hydrogen-bond acceptors (Lipinski definition) is 2. The Kier molecular flexibility index (Phi) is 5.20. The lowest BCUT2D eigenvalue weighted by Gasteiger charge is -2.14. The normalized spacial score (nSPS) is 13.4. The Morgan fingerprint density at radius 1 is 1.36 bits per heavy atom. The summed E-state index contributed by atoms with van der Waals surface area (Å²) in [6.45, 7) is 4.58. The van der Waals surface area contributed by atoms with Crippen molar-refractivity contribution in [3.63, 3.8) is 0 Å². The molecule has 1 aromatic rings. The Balaban J connectivity index is 2.33. The standard InChI is InChI=1S/C12H21NS/c1-10(2)6-4-7-11(13-3)12-8-5-9-14-12/h5,8-11,13H,4,6-7H2,1-3H3. The molecule has 0 aliphatic carbocycles. The van der Waals surface area contributed by atoms with Gasteiger partial charge in [-0.2, -0.15) is 0 Å². The molecular weight excluding hydrogens is 190 g/mol. The summed E-state index contributed by atoms with van der Waals surface area (Å²) < 4.78 is 0. The third-order valence-electron chi connectivity index (χ3n) is 2.51. The van der Waals surface area contributed by atoms with Crippen LogP contribution in [0.15, 0.2) is 17.5 Å². The first-order valence-corrected chi connectivity index (χ1v) is 6.32. The zero-order chi connectivity index (χ0) is 10.4. The Labute approximate surface area is 91.5 Å². The van der Waals surface area contributed by atoms with Crippen LogP contribution >= 0.6 is 11.3 Å². The van der Waals surface area contributed by atoms with Gasteiger partial charge in [0.05, 0.1) is 0 Å². The highest BCUT2D eigenvalue weighted by Crippen LogP contribution is 2.24. The van der Waals surface area contributed by atoms with Gasteiger partial charge in [0.15, 0.2) is 0 Å². The van der Waals surface area contributed by atoms with Crippen LogP contribution in [-0.2, 0) is 0 Å². The van der Waals surface area contributed by atoms with Gasteiger partial charge in [-0.1, -0.05) is 32.8 Å². The maximum Gasteiger partial charge on any atom is 0.0412 e. The molecule has 0 saturated heterocycles. The SMILES string of the molecule is CNC(CCCC(C)C)c1cccs1. The molecule has 1 atom stereocenters. The van der Waals surface area contributed by atoms with E-state index in [0.29, 0.717) is 6.04 Å². The molecule has 0 saturated carbocycles. The minimum Gasteiger partial charge on any atom is -0.312 e. The van der Waals surface area contributed by atoms with E-state index in [0.717, 1.165) is 5.92 Å². The molecule has 1 aromatic heterocycles. The second-order valence-corrected chi connectivity index (χ2v) is 5.16. The van der Waals surface area contributed by atoms with E-state index in [1.807, 2.05) is 11.3 Å². The molecular formula is C12H21NS. The fourth-order valence-corrected chi connectivity index (χ4v) is 2.52. The second kappa shape index (κ2) is 6.20. The molecule has 0 aliphatic rings. The third-order valence-corrected chi connectivity index (χ3v) is 3.50. The number of hydrogen-bond donors (Lipinski definition) is 1. The minimum absolute atomic E-state index is 0.564. The van der Waals surface area contributed by atoms with Crippen LogP contribution in [0.25, 0.3) is 0 Å². The van der Waals surface area contributed by atoms with Crippen LogP contribution in [-0.4, -0.2) is 7.05 Å². The largest absolute Gasteiger partial charge is 0.312 e. The van der Waals surface area contributed by atoms with E-state index in [-0.39, 0.29) is 0 Å². The van der Waals surface area contributed by atoms with Gasteiger partial charge in [-0.25, -0.2) is 0 Å². The maximum absolute atomic E-state index is 3.39. The van der Waals surface area contributed by atoms with Crippen LogP contribution in [0.2, 0.25) is 0 Å². The molecule has 1 rings (SSSR count). The zero-order valence-corrected chi connectivity index (χ0v) is 10.2. The van der Waals surface area contributed by atoms with Gasteiger partial charge < -0.3 is 5.32 Å². The van der Waals surface area contributed by atoms with E-state index < -0.39 is 0 Å². The maximum atomic E-state index is 3.39. The molecule has 14 heavy (non-hydrogen) atoms. The molecule has 0 spiro atoms. The van der Waals surface area contributed by atoms with E-state index >= 15 is 0 Å². The summed E-state index contributed by atoms with van der Waals surface area (Å²) in [7, 11) is 2.06. The Bertz CT molecular complexity index is 228. The quantitative estimate of drug-likeness (QED) is 0.754. The van der Waals surface area contributed by atoms with Crippen LogP contribution < -0.4 is 5.32 Å². The molecule has 0 radical (unpaired) electrons. The number of rotatable bonds is 6. The third kappa shape index (κ3) is 3.81. The van der Waals surface area contributed by atoms with Crippen molar-refractivity contribution < 1.29 is 0 Å². The lowest BCUT2D eigenvalue weighted by Crippen LogP contribution is -2.15. The first-order valence-electron chi connectivity index (χ1n) is 5.44. The molecule has 1 N–H and O–H groups in total. The van der Waals surface area contributed by atoms with Crippen LogP contribution in [0.3, 0.4) is 0 Å². The lowest BCUT2D eigenvalue weighted by atomic mass is 10.0. The van der Waals surface area contributed by atoms with Crippen molar-refractivity contribution in [2.24, 2.45) is 5.92 Å². The fourth-order valence-electron chi connectivity index (χ4n) is 1.65. The molecule has 1 unspecified atom stereocenters. The average molecular weight is 211 g/mol. The average Bonchev–Trinajstić information content (AvgIpc) is 2.64. The summed E-state index contributed by atoms with van der Waals surface area (Å²) in [5, 5.41) is 5.54. The van der Waals surface area contributed by atoms with Gasteiger partial charge in [0.2, 0.25) is 0 Å². The van der Waals surface area contributed by atoms with Crippen LogP contribution in [0, 0.1) is 5.92 Å². The Hall–Kier alpha value is -0.340. The van der Waals surface area contributed by atoms with Gasteiger partial charge in [0.1, 0.15) is 0 Å². The molecule has 0 fully saturated rings. The summed E-state index contributed by atoms with van der Waals surface area (Å²) in [6, 6.07) is 4.92. The topological polar surface area (TPSA) is 12.0 Å². The summed E-state index contributed by atoms with van der Waals surface area (Å²) in [6.07, 6.45) is 3.92. The van der Waals surface area contributed by atoms with Gasteiger partial charge >= 0.3 is 0 Å². The van der Waals surface area contributed by atoms with Crippen LogP contribution in [0.1, 0.15) is 44.0 Å². The van der Waals surface area contributed by atoms with E-state index in [4.69, 9.17) is 0 Å². The molecule has 2 heteroatoms. The minimum atomic E-state index is 0.564. The Morgan fingerprint density at radius 3 is 2.64 bits per heavy atom. The second-order valence-electron chi connectivity index (χ2n) is 4.18. The lowest BCUT2D eigenvalue weighted by molar-refractivity contribution is 0.474. The molecule has 80 valence electrons. The predicted octanol–water partition coefficient (Wildman–Crippen LogP) is 3.83. The monoisotopic (exact) mass is 211 g/mol. The van der Waals surface area contributed by atoms with Gasteiger partial charge in [-0.3, -0.25) is 0 Å². The van der Waals surface area contributed by atoms with E-state index in [1.54, 1.807) is 0 Å². The number of nitrogens with one attached hydrogen (secondary N) is 1. The smallest absolute Gasteiger partial charge is 0.0412 e. The van der Waals surface area contributed by atoms with Crippen molar-refractivity contribution in [1.29, 1.82) is 0 Å². The summed E-state index contributed by atoms with van der Waals surface area (Å²) in [4.78, 5) is 1.47. The van der Waals surface area contributed by atoms with Crippen LogP contribution in [0.4, 0.5) is 0 Å². The summed E-state index contributed by atoms with van der Waals surface area (Å²) in [5.41, 5.74) is 0. The molecule has 0 aliphatic heterocycles.